The third-order valence-corrected chi connectivity index (χ3v) is 2.52. The minimum atomic E-state index is 0.827. The van der Waals surface area contributed by atoms with Gasteiger partial charge in [0.25, 0.3) is 0 Å². The Morgan fingerprint density at radius 2 is 2.12 bits per heavy atom. The normalized spacial score (nSPS) is 10.6. The standard InChI is InChI=1S/C12H16N4/c1-13-7-11-5-10(8-14-9-11)6-12-15-3-4-16(12)2/h3-5,8-9,13H,6-7H2,1-2H3. The number of aromatic nitrogens is 3. The number of hydrogen-bond donors (Lipinski definition) is 1. The van der Waals surface area contributed by atoms with Crippen molar-refractivity contribution in [2.24, 2.45) is 7.05 Å². The maximum absolute atomic E-state index is 4.31. The number of rotatable bonds is 4. The monoisotopic (exact) mass is 216 g/mol. The van der Waals surface area contributed by atoms with Crippen LogP contribution in [0.1, 0.15) is 17.0 Å². The molecule has 0 aromatic carbocycles. The Hall–Kier alpha value is -1.68. The molecule has 84 valence electrons. The number of nitrogens with one attached hydrogen (secondary N) is 1. The van der Waals surface area contributed by atoms with Crippen molar-refractivity contribution in [1.82, 2.24) is 19.9 Å². The lowest BCUT2D eigenvalue weighted by molar-refractivity contribution is 0.801. The minimum Gasteiger partial charge on any atom is -0.338 e. The van der Waals surface area contributed by atoms with E-state index in [1.54, 1.807) is 0 Å². The third kappa shape index (κ3) is 2.46. The Morgan fingerprint density at radius 1 is 1.31 bits per heavy atom. The second-order valence-corrected chi connectivity index (χ2v) is 3.86. The molecule has 0 saturated heterocycles. The van der Waals surface area contributed by atoms with Crippen LogP contribution in [0.5, 0.6) is 0 Å². The molecule has 0 saturated carbocycles. The molecule has 0 radical (unpaired) electrons. The molecule has 1 N–H and O–H groups in total. The first-order chi connectivity index (χ1) is 7.79. The van der Waals surface area contributed by atoms with Crippen molar-refractivity contribution < 1.29 is 0 Å². The molecule has 2 heterocycles. The predicted octanol–water partition coefficient (Wildman–Crippen LogP) is 1.13. The van der Waals surface area contributed by atoms with E-state index in [1.807, 2.05) is 43.4 Å². The van der Waals surface area contributed by atoms with E-state index in [0.29, 0.717) is 0 Å². The molecule has 2 aromatic heterocycles. The zero-order chi connectivity index (χ0) is 11.4. The molecular weight excluding hydrogens is 200 g/mol. The predicted molar refractivity (Wildman–Crippen MR) is 63.0 cm³/mol. The lowest BCUT2D eigenvalue weighted by atomic mass is 10.1. The summed E-state index contributed by atoms with van der Waals surface area (Å²) in [5.41, 5.74) is 2.40. The summed E-state index contributed by atoms with van der Waals surface area (Å²) in [7, 11) is 3.94. The van der Waals surface area contributed by atoms with Gasteiger partial charge in [0.15, 0.2) is 0 Å². The van der Waals surface area contributed by atoms with Crippen LogP contribution < -0.4 is 5.32 Å². The second kappa shape index (κ2) is 4.90. The highest BCUT2D eigenvalue weighted by Gasteiger charge is 2.02. The second-order valence-electron chi connectivity index (χ2n) is 3.86. The Bertz CT molecular complexity index is 462. The first kappa shape index (κ1) is 10.8. The van der Waals surface area contributed by atoms with Gasteiger partial charge >= 0.3 is 0 Å². The summed E-state index contributed by atoms with van der Waals surface area (Å²) in [5.74, 6) is 1.06. The van der Waals surface area contributed by atoms with E-state index in [1.165, 1.54) is 11.1 Å². The molecule has 0 fully saturated rings. The molecule has 0 bridgehead atoms. The first-order valence-electron chi connectivity index (χ1n) is 5.33. The molecule has 2 aromatic rings. The fraction of sp³-hybridized carbons (Fsp3) is 0.333. The van der Waals surface area contributed by atoms with Gasteiger partial charge in [-0.25, -0.2) is 4.98 Å². The van der Waals surface area contributed by atoms with Crippen LogP contribution >= 0.6 is 0 Å². The van der Waals surface area contributed by atoms with Crippen molar-refractivity contribution in [3.8, 4) is 0 Å². The van der Waals surface area contributed by atoms with Gasteiger partial charge in [0.1, 0.15) is 5.82 Å². The van der Waals surface area contributed by atoms with Gasteiger partial charge in [0, 0.05) is 44.8 Å². The topological polar surface area (TPSA) is 42.7 Å². The third-order valence-electron chi connectivity index (χ3n) is 2.52. The van der Waals surface area contributed by atoms with Crippen molar-refractivity contribution in [3.63, 3.8) is 0 Å². The fourth-order valence-electron chi connectivity index (χ4n) is 1.69. The molecule has 0 aliphatic carbocycles. The average Bonchev–Trinajstić information content (AvgIpc) is 2.66. The van der Waals surface area contributed by atoms with Crippen LogP contribution in [0.2, 0.25) is 0 Å². The summed E-state index contributed by atoms with van der Waals surface area (Å²) < 4.78 is 2.03. The molecule has 0 aliphatic heterocycles. The summed E-state index contributed by atoms with van der Waals surface area (Å²) in [5, 5.41) is 3.12. The highest BCUT2D eigenvalue weighted by atomic mass is 15.0. The van der Waals surface area contributed by atoms with Gasteiger partial charge in [-0.2, -0.15) is 0 Å². The van der Waals surface area contributed by atoms with Crippen LogP contribution in [-0.4, -0.2) is 21.6 Å². The van der Waals surface area contributed by atoms with Crippen LogP contribution in [0.3, 0.4) is 0 Å². The van der Waals surface area contributed by atoms with Gasteiger partial charge in [-0.1, -0.05) is 6.07 Å². The van der Waals surface area contributed by atoms with Crippen molar-refractivity contribution in [2.75, 3.05) is 7.05 Å². The van der Waals surface area contributed by atoms with E-state index in [2.05, 4.69) is 21.4 Å². The van der Waals surface area contributed by atoms with E-state index >= 15 is 0 Å². The van der Waals surface area contributed by atoms with Crippen molar-refractivity contribution in [1.29, 1.82) is 0 Å². The Morgan fingerprint density at radius 3 is 2.81 bits per heavy atom. The summed E-state index contributed by atoms with van der Waals surface area (Å²) in [6.07, 6.45) is 8.39. The Labute approximate surface area is 95.4 Å². The lowest BCUT2D eigenvalue weighted by Gasteiger charge is -2.04. The summed E-state index contributed by atoms with van der Waals surface area (Å²) in [6.45, 7) is 0.849. The van der Waals surface area contributed by atoms with Crippen LogP contribution in [-0.2, 0) is 20.0 Å². The van der Waals surface area contributed by atoms with E-state index < -0.39 is 0 Å². The molecule has 0 unspecified atom stereocenters. The SMILES string of the molecule is CNCc1cncc(Cc2nccn2C)c1. The largest absolute Gasteiger partial charge is 0.338 e. The lowest BCUT2D eigenvalue weighted by Crippen LogP contribution is -2.06. The van der Waals surface area contributed by atoms with Crippen molar-refractivity contribution in [2.45, 2.75) is 13.0 Å². The van der Waals surface area contributed by atoms with E-state index in [9.17, 15) is 0 Å². The molecule has 16 heavy (non-hydrogen) atoms. The maximum atomic E-state index is 4.31. The summed E-state index contributed by atoms with van der Waals surface area (Å²) >= 11 is 0. The molecule has 2 rings (SSSR count). The van der Waals surface area contributed by atoms with E-state index in [-0.39, 0.29) is 0 Å². The molecule has 4 nitrogen and oxygen atoms in total. The van der Waals surface area contributed by atoms with Gasteiger partial charge in [-0.15, -0.1) is 0 Å². The maximum Gasteiger partial charge on any atom is 0.112 e. The van der Waals surface area contributed by atoms with Crippen molar-refractivity contribution in [3.05, 3.63) is 47.8 Å². The van der Waals surface area contributed by atoms with Gasteiger partial charge in [-0.3, -0.25) is 4.98 Å². The van der Waals surface area contributed by atoms with Crippen LogP contribution in [0.15, 0.2) is 30.9 Å². The number of nitrogens with zero attached hydrogens (tertiary/aromatic N) is 3. The number of pyridine rings is 1. The molecule has 0 aliphatic rings. The summed E-state index contributed by atoms with van der Waals surface area (Å²) in [6, 6.07) is 2.16. The van der Waals surface area contributed by atoms with Gasteiger partial charge in [-0.05, 0) is 18.2 Å². The Kier molecular flexibility index (Phi) is 3.31. The highest BCUT2D eigenvalue weighted by Crippen LogP contribution is 2.08. The van der Waals surface area contributed by atoms with Crippen LogP contribution in [0.4, 0.5) is 0 Å². The highest BCUT2D eigenvalue weighted by molar-refractivity contribution is 5.21. The number of imidazole rings is 1. The minimum absolute atomic E-state index is 0.827. The number of aryl methyl sites for hydroxylation is 1. The zero-order valence-corrected chi connectivity index (χ0v) is 9.64. The number of hydrogen-bond acceptors (Lipinski definition) is 3. The molecule has 0 spiro atoms. The average molecular weight is 216 g/mol. The smallest absolute Gasteiger partial charge is 0.112 e. The first-order valence-corrected chi connectivity index (χ1v) is 5.33. The van der Waals surface area contributed by atoms with E-state index in [0.717, 1.165) is 18.8 Å². The zero-order valence-electron chi connectivity index (χ0n) is 9.64. The molecule has 0 amide bonds. The van der Waals surface area contributed by atoms with Crippen LogP contribution in [0.25, 0.3) is 0 Å². The molecule has 0 atom stereocenters. The quantitative estimate of drug-likeness (QED) is 0.833. The molecular formula is C12H16N4. The fourth-order valence-corrected chi connectivity index (χ4v) is 1.69. The van der Waals surface area contributed by atoms with Gasteiger partial charge in [0.2, 0.25) is 0 Å². The van der Waals surface area contributed by atoms with Crippen LogP contribution in [0, 0.1) is 0 Å². The van der Waals surface area contributed by atoms with Gasteiger partial charge < -0.3 is 9.88 Å². The van der Waals surface area contributed by atoms with Crippen molar-refractivity contribution >= 4 is 0 Å². The van der Waals surface area contributed by atoms with Gasteiger partial charge in [0.05, 0.1) is 0 Å². The summed E-state index contributed by atoms with van der Waals surface area (Å²) in [4.78, 5) is 8.54. The van der Waals surface area contributed by atoms with E-state index in [4.69, 9.17) is 0 Å². The molecule has 4 heteroatoms. The Balaban J connectivity index is 2.15.